The van der Waals surface area contributed by atoms with E-state index in [4.69, 9.17) is 11.6 Å². The summed E-state index contributed by atoms with van der Waals surface area (Å²) in [6.45, 7) is 0.388. The summed E-state index contributed by atoms with van der Waals surface area (Å²) < 4.78 is 18.3. The molecule has 0 spiro atoms. The molecule has 5 rings (SSSR count). The molecule has 0 saturated carbocycles. The minimum absolute atomic E-state index is 0.0996. The SMILES string of the molecule is O=c1c2sccc2n2c(SCc3c(F)cccc3Cl)nnc2n1Cc1ccccc1. The van der Waals surface area contributed by atoms with Crippen molar-refractivity contribution >= 4 is 50.7 Å². The summed E-state index contributed by atoms with van der Waals surface area (Å²) in [6, 6.07) is 16.2. The molecule has 0 fully saturated rings. The van der Waals surface area contributed by atoms with Gasteiger partial charge in [-0.1, -0.05) is 59.8 Å². The molecule has 9 heteroatoms. The molecule has 3 heterocycles. The molecule has 5 aromatic rings. The summed E-state index contributed by atoms with van der Waals surface area (Å²) >= 11 is 8.88. The van der Waals surface area contributed by atoms with Gasteiger partial charge in [-0.3, -0.25) is 13.8 Å². The molecule has 0 amide bonds. The van der Waals surface area contributed by atoms with E-state index in [0.29, 0.717) is 38.5 Å². The van der Waals surface area contributed by atoms with Crippen molar-refractivity contribution in [3.05, 3.63) is 92.3 Å². The average Bonchev–Trinajstić information content (AvgIpc) is 3.39. The maximum absolute atomic E-state index is 14.2. The first-order valence-electron chi connectivity index (χ1n) is 9.08. The minimum Gasteiger partial charge on any atom is -0.271 e. The van der Waals surface area contributed by atoms with Crippen molar-refractivity contribution in [3.8, 4) is 0 Å². The molecular weight excluding hydrogens is 443 g/mol. The quantitative estimate of drug-likeness (QED) is 0.339. The molecule has 0 N–H and O–H groups in total. The third-order valence-electron chi connectivity index (χ3n) is 4.77. The first-order chi connectivity index (χ1) is 14.6. The molecule has 0 unspecified atom stereocenters. The summed E-state index contributed by atoms with van der Waals surface area (Å²) in [6.07, 6.45) is 0. The molecule has 0 saturated heterocycles. The molecule has 0 bridgehead atoms. The molecule has 0 radical (unpaired) electrons. The number of hydrogen-bond acceptors (Lipinski definition) is 5. The Morgan fingerprint density at radius 2 is 1.90 bits per heavy atom. The number of thiophene rings is 1. The van der Waals surface area contributed by atoms with Gasteiger partial charge in [0.2, 0.25) is 5.78 Å². The van der Waals surface area contributed by atoms with Gasteiger partial charge < -0.3 is 0 Å². The van der Waals surface area contributed by atoms with Crippen LogP contribution >= 0.6 is 34.7 Å². The fourth-order valence-electron chi connectivity index (χ4n) is 3.31. The van der Waals surface area contributed by atoms with Crippen molar-refractivity contribution < 1.29 is 4.39 Å². The number of rotatable bonds is 5. The van der Waals surface area contributed by atoms with E-state index in [1.54, 1.807) is 16.7 Å². The highest BCUT2D eigenvalue weighted by atomic mass is 35.5. The van der Waals surface area contributed by atoms with Gasteiger partial charge in [-0.25, -0.2) is 4.39 Å². The first kappa shape index (κ1) is 19.3. The summed E-state index contributed by atoms with van der Waals surface area (Å²) in [5.74, 6) is 0.401. The molecular formula is C21H14ClFN4OS2. The number of fused-ring (bicyclic) bond motifs is 3. The van der Waals surface area contributed by atoms with Crippen LogP contribution < -0.4 is 5.56 Å². The normalized spacial score (nSPS) is 11.5. The van der Waals surface area contributed by atoms with Gasteiger partial charge in [-0.2, -0.15) is 0 Å². The fraction of sp³-hybridized carbons (Fsp3) is 0.0952. The molecule has 5 nitrogen and oxygen atoms in total. The lowest BCUT2D eigenvalue weighted by Crippen LogP contribution is -2.23. The zero-order valence-electron chi connectivity index (χ0n) is 15.5. The predicted molar refractivity (Wildman–Crippen MR) is 119 cm³/mol. The van der Waals surface area contributed by atoms with Crippen molar-refractivity contribution in [3.63, 3.8) is 0 Å². The maximum atomic E-state index is 14.2. The molecule has 0 aliphatic rings. The highest BCUT2D eigenvalue weighted by Gasteiger charge is 2.19. The lowest BCUT2D eigenvalue weighted by Gasteiger charge is -2.10. The van der Waals surface area contributed by atoms with Crippen LogP contribution in [0, 0.1) is 5.82 Å². The second-order valence-corrected chi connectivity index (χ2v) is 8.88. The van der Waals surface area contributed by atoms with E-state index in [1.807, 2.05) is 46.2 Å². The Morgan fingerprint density at radius 3 is 2.70 bits per heavy atom. The first-order valence-corrected chi connectivity index (χ1v) is 11.3. The van der Waals surface area contributed by atoms with E-state index in [0.717, 1.165) is 11.1 Å². The molecule has 30 heavy (non-hydrogen) atoms. The third-order valence-corrected chi connectivity index (χ3v) is 6.97. The van der Waals surface area contributed by atoms with Crippen molar-refractivity contribution in [2.75, 3.05) is 0 Å². The summed E-state index contributed by atoms with van der Waals surface area (Å²) in [5, 5.41) is 11.4. The number of aromatic nitrogens is 4. The van der Waals surface area contributed by atoms with Gasteiger partial charge in [0, 0.05) is 16.3 Å². The summed E-state index contributed by atoms with van der Waals surface area (Å²) in [5.41, 5.74) is 2.06. The van der Waals surface area contributed by atoms with Gasteiger partial charge in [0.15, 0.2) is 5.16 Å². The number of hydrogen-bond donors (Lipinski definition) is 0. The average molecular weight is 457 g/mol. The van der Waals surface area contributed by atoms with Crippen molar-refractivity contribution in [2.24, 2.45) is 0 Å². The van der Waals surface area contributed by atoms with Gasteiger partial charge in [-0.15, -0.1) is 21.5 Å². The Labute approximate surface area is 183 Å². The number of halogens is 2. The second-order valence-electron chi connectivity index (χ2n) is 6.62. The van der Waals surface area contributed by atoms with Crippen molar-refractivity contribution in [1.29, 1.82) is 0 Å². The Balaban J connectivity index is 1.62. The van der Waals surface area contributed by atoms with Crippen LogP contribution in [-0.4, -0.2) is 19.2 Å². The number of benzene rings is 2. The van der Waals surface area contributed by atoms with E-state index >= 15 is 0 Å². The van der Waals surface area contributed by atoms with Gasteiger partial charge in [0.1, 0.15) is 10.5 Å². The highest BCUT2D eigenvalue weighted by Crippen LogP contribution is 2.30. The maximum Gasteiger partial charge on any atom is 0.273 e. The van der Waals surface area contributed by atoms with Crippen LogP contribution in [0.25, 0.3) is 16.0 Å². The van der Waals surface area contributed by atoms with Crippen LogP contribution in [0.5, 0.6) is 0 Å². The smallest absolute Gasteiger partial charge is 0.271 e. The standard InChI is InChI=1S/C21H14ClFN4OS2/c22-15-7-4-8-16(23)14(15)12-30-21-25-24-20-26(11-13-5-2-1-3-6-13)19(28)18-17(27(20)21)9-10-29-18/h1-10H,11-12H2. The lowest BCUT2D eigenvalue weighted by molar-refractivity contribution is 0.617. The van der Waals surface area contributed by atoms with Crippen LogP contribution in [0.3, 0.4) is 0 Å². The Kier molecular flexibility index (Phi) is 5.06. The van der Waals surface area contributed by atoms with Gasteiger partial charge in [-0.05, 0) is 29.1 Å². The van der Waals surface area contributed by atoms with Gasteiger partial charge >= 0.3 is 0 Å². The van der Waals surface area contributed by atoms with Crippen LogP contribution in [0.1, 0.15) is 11.1 Å². The van der Waals surface area contributed by atoms with E-state index < -0.39 is 0 Å². The predicted octanol–water partition coefficient (Wildman–Crippen LogP) is 5.24. The zero-order valence-corrected chi connectivity index (χ0v) is 17.8. The topological polar surface area (TPSA) is 52.2 Å². The molecule has 0 aliphatic heterocycles. The Morgan fingerprint density at radius 1 is 1.07 bits per heavy atom. The van der Waals surface area contributed by atoms with Gasteiger partial charge in [0.05, 0.1) is 12.1 Å². The highest BCUT2D eigenvalue weighted by molar-refractivity contribution is 7.98. The van der Waals surface area contributed by atoms with E-state index in [-0.39, 0.29) is 11.4 Å². The van der Waals surface area contributed by atoms with E-state index in [9.17, 15) is 9.18 Å². The van der Waals surface area contributed by atoms with Crippen LogP contribution in [-0.2, 0) is 12.3 Å². The molecule has 0 aliphatic carbocycles. The fourth-order valence-corrected chi connectivity index (χ4v) is 5.42. The lowest BCUT2D eigenvalue weighted by atomic mass is 10.2. The Hall–Kier alpha value is -2.68. The summed E-state index contributed by atoms with van der Waals surface area (Å²) in [7, 11) is 0. The number of thioether (sulfide) groups is 1. The third kappa shape index (κ3) is 3.30. The second kappa shape index (κ2) is 7.86. The van der Waals surface area contributed by atoms with Gasteiger partial charge in [0.25, 0.3) is 5.56 Å². The largest absolute Gasteiger partial charge is 0.273 e. The zero-order chi connectivity index (χ0) is 20.7. The minimum atomic E-state index is -0.356. The molecule has 2 aromatic carbocycles. The van der Waals surface area contributed by atoms with Crippen molar-refractivity contribution in [1.82, 2.24) is 19.2 Å². The molecule has 0 atom stereocenters. The number of nitrogens with zero attached hydrogens (tertiary/aromatic N) is 4. The van der Waals surface area contributed by atoms with Crippen molar-refractivity contribution in [2.45, 2.75) is 17.5 Å². The monoisotopic (exact) mass is 456 g/mol. The van der Waals surface area contributed by atoms with Crippen LogP contribution in [0.15, 0.2) is 69.9 Å². The Bertz CT molecular complexity index is 1410. The van der Waals surface area contributed by atoms with E-state index in [2.05, 4.69) is 10.2 Å². The van der Waals surface area contributed by atoms with Crippen LogP contribution in [0.4, 0.5) is 4.39 Å². The summed E-state index contributed by atoms with van der Waals surface area (Å²) in [4.78, 5) is 13.1. The van der Waals surface area contributed by atoms with Crippen LogP contribution in [0.2, 0.25) is 5.02 Å². The molecule has 150 valence electrons. The molecule has 3 aromatic heterocycles. The van der Waals surface area contributed by atoms with E-state index in [1.165, 1.54) is 29.2 Å².